The molecule has 0 atom stereocenters. The molecule has 0 unspecified atom stereocenters. The summed E-state index contributed by atoms with van der Waals surface area (Å²) in [6, 6.07) is 8.30. The molecule has 0 spiro atoms. The summed E-state index contributed by atoms with van der Waals surface area (Å²) in [5.41, 5.74) is 4.94. The van der Waals surface area contributed by atoms with Crippen molar-refractivity contribution in [2.75, 3.05) is 13.7 Å². The molecule has 0 aliphatic rings. The molecule has 1 N–H and O–H groups in total. The molecule has 0 saturated carbocycles. The molecule has 0 aliphatic carbocycles. The van der Waals surface area contributed by atoms with Gasteiger partial charge in [0.15, 0.2) is 0 Å². The highest BCUT2D eigenvalue weighted by Crippen LogP contribution is 2.40. The fourth-order valence-corrected chi connectivity index (χ4v) is 3.81. The fourth-order valence-electron chi connectivity index (χ4n) is 3.81. The van der Waals surface area contributed by atoms with Crippen molar-refractivity contribution < 1.29 is 18.3 Å². The Morgan fingerprint density at radius 1 is 1.19 bits per heavy atom. The summed E-state index contributed by atoms with van der Waals surface area (Å²) in [4.78, 5) is 12.4. The third-order valence-corrected chi connectivity index (χ3v) is 5.51. The smallest absolute Gasteiger partial charge is 0.244 e. The Bertz CT molecular complexity index is 1080. The molecule has 1 aromatic heterocycles. The minimum Gasteiger partial charge on any atom is -0.496 e. The lowest BCUT2D eigenvalue weighted by molar-refractivity contribution is -0.116. The van der Waals surface area contributed by atoms with E-state index in [0.29, 0.717) is 17.9 Å². The van der Waals surface area contributed by atoms with E-state index < -0.39 is 0 Å². The maximum absolute atomic E-state index is 13.4. The van der Waals surface area contributed by atoms with Crippen LogP contribution in [0.25, 0.3) is 27.7 Å². The van der Waals surface area contributed by atoms with Crippen molar-refractivity contribution in [2.45, 2.75) is 46.5 Å². The average Bonchev–Trinajstić information content (AvgIpc) is 3.18. The molecule has 0 aliphatic heterocycles. The number of aryl methyl sites for hydroxylation is 1. The number of carbonyl (C=O) groups is 1. The van der Waals surface area contributed by atoms with E-state index in [1.54, 1.807) is 31.6 Å². The summed E-state index contributed by atoms with van der Waals surface area (Å²) in [5.74, 6) is 0.284. The zero-order chi connectivity index (χ0) is 22.4. The highest BCUT2D eigenvalue weighted by atomic mass is 19.1. The lowest BCUT2D eigenvalue weighted by Gasteiger charge is -2.13. The molecule has 5 heteroatoms. The molecular formula is C26H30FNO3. The van der Waals surface area contributed by atoms with Crippen LogP contribution >= 0.6 is 0 Å². The lowest BCUT2D eigenvalue weighted by atomic mass is 9.96. The van der Waals surface area contributed by atoms with E-state index >= 15 is 0 Å². The minimum absolute atomic E-state index is 0.111. The standard InChI is InChI=1S/C26H30FNO3/c1-5-6-7-8-13-28-24(29)14-17(2)21-15-22-23(19-9-11-20(27)12-10-19)16-31-26(22)18(3)25(21)30-4/h9-12,14-16H,5-8,13H2,1-4H3,(H,28,29)/b17-14+. The van der Waals surface area contributed by atoms with Crippen LogP contribution in [0.4, 0.5) is 4.39 Å². The molecule has 3 rings (SSSR count). The number of methoxy groups -OCH3 is 1. The number of ether oxygens (including phenoxy) is 1. The van der Waals surface area contributed by atoms with Crippen LogP contribution in [0.1, 0.15) is 50.7 Å². The van der Waals surface area contributed by atoms with E-state index in [2.05, 4.69) is 12.2 Å². The van der Waals surface area contributed by atoms with E-state index in [1.807, 2.05) is 19.9 Å². The zero-order valence-electron chi connectivity index (χ0n) is 18.7. The van der Waals surface area contributed by atoms with Crippen LogP contribution in [0, 0.1) is 12.7 Å². The predicted molar refractivity (Wildman–Crippen MR) is 124 cm³/mol. The first kappa shape index (κ1) is 22.6. The molecule has 1 amide bonds. The minimum atomic E-state index is -0.283. The number of rotatable bonds is 9. The second-order valence-corrected chi connectivity index (χ2v) is 7.79. The van der Waals surface area contributed by atoms with E-state index in [0.717, 1.165) is 46.1 Å². The summed E-state index contributed by atoms with van der Waals surface area (Å²) >= 11 is 0. The van der Waals surface area contributed by atoms with Crippen LogP contribution in [-0.4, -0.2) is 19.6 Å². The number of halogens is 1. The highest BCUT2D eigenvalue weighted by molar-refractivity contribution is 6.01. The molecule has 0 bridgehead atoms. The Morgan fingerprint density at radius 2 is 1.94 bits per heavy atom. The number of allylic oxidation sites excluding steroid dienone is 1. The predicted octanol–water partition coefficient (Wildman–Crippen LogP) is 6.66. The highest BCUT2D eigenvalue weighted by Gasteiger charge is 2.18. The number of unbranched alkanes of at least 4 members (excludes halogenated alkanes) is 3. The quantitative estimate of drug-likeness (QED) is 0.309. The second kappa shape index (κ2) is 10.3. The Balaban J connectivity index is 1.94. The zero-order valence-corrected chi connectivity index (χ0v) is 18.7. The van der Waals surface area contributed by atoms with Crippen LogP contribution in [-0.2, 0) is 4.79 Å². The van der Waals surface area contributed by atoms with Gasteiger partial charge in [-0.3, -0.25) is 4.79 Å². The first-order chi connectivity index (χ1) is 15.0. The normalized spacial score (nSPS) is 11.7. The topological polar surface area (TPSA) is 51.5 Å². The number of hydrogen-bond acceptors (Lipinski definition) is 3. The second-order valence-electron chi connectivity index (χ2n) is 7.79. The monoisotopic (exact) mass is 423 g/mol. The van der Waals surface area contributed by atoms with Crippen molar-refractivity contribution in [3.05, 3.63) is 59.6 Å². The van der Waals surface area contributed by atoms with Crippen LogP contribution in [0.2, 0.25) is 0 Å². The third-order valence-electron chi connectivity index (χ3n) is 5.51. The molecule has 0 radical (unpaired) electrons. The number of nitrogens with one attached hydrogen (secondary N) is 1. The van der Waals surface area contributed by atoms with Crippen molar-refractivity contribution in [3.63, 3.8) is 0 Å². The van der Waals surface area contributed by atoms with E-state index in [-0.39, 0.29) is 11.7 Å². The summed E-state index contributed by atoms with van der Waals surface area (Å²) in [5, 5.41) is 3.85. The number of fused-ring (bicyclic) bond motifs is 1. The van der Waals surface area contributed by atoms with Gasteiger partial charge < -0.3 is 14.5 Å². The summed E-state index contributed by atoms with van der Waals surface area (Å²) in [6.07, 6.45) is 7.74. The molecule has 31 heavy (non-hydrogen) atoms. The fraction of sp³-hybridized carbons (Fsp3) is 0.346. The Labute approximate surface area is 183 Å². The van der Waals surface area contributed by atoms with Gasteiger partial charge in [0.2, 0.25) is 5.91 Å². The average molecular weight is 424 g/mol. The largest absolute Gasteiger partial charge is 0.496 e. The van der Waals surface area contributed by atoms with Crippen molar-refractivity contribution in [3.8, 4) is 16.9 Å². The van der Waals surface area contributed by atoms with Gasteiger partial charge in [-0.15, -0.1) is 0 Å². The van der Waals surface area contributed by atoms with Gasteiger partial charge in [0.25, 0.3) is 0 Å². The van der Waals surface area contributed by atoms with Gasteiger partial charge in [-0.05, 0) is 49.6 Å². The van der Waals surface area contributed by atoms with Crippen molar-refractivity contribution >= 4 is 22.4 Å². The summed E-state index contributed by atoms with van der Waals surface area (Å²) in [6.45, 7) is 6.67. The molecule has 2 aromatic carbocycles. The van der Waals surface area contributed by atoms with Gasteiger partial charge in [0.1, 0.15) is 17.1 Å². The van der Waals surface area contributed by atoms with E-state index in [9.17, 15) is 9.18 Å². The van der Waals surface area contributed by atoms with Gasteiger partial charge in [0.05, 0.1) is 13.4 Å². The van der Waals surface area contributed by atoms with E-state index in [1.165, 1.54) is 25.0 Å². The summed E-state index contributed by atoms with van der Waals surface area (Å²) < 4.78 is 24.9. The number of hydrogen-bond donors (Lipinski definition) is 1. The number of amides is 1. The Hall–Kier alpha value is -3.08. The van der Waals surface area contributed by atoms with Gasteiger partial charge in [-0.2, -0.15) is 0 Å². The number of furan rings is 1. The molecule has 0 fully saturated rings. The molecule has 3 aromatic rings. The maximum atomic E-state index is 13.4. The molecular weight excluding hydrogens is 393 g/mol. The van der Waals surface area contributed by atoms with Gasteiger partial charge in [-0.1, -0.05) is 38.3 Å². The number of carbonyl (C=O) groups excluding carboxylic acids is 1. The maximum Gasteiger partial charge on any atom is 0.244 e. The van der Waals surface area contributed by atoms with Crippen molar-refractivity contribution in [1.82, 2.24) is 5.32 Å². The molecule has 164 valence electrons. The first-order valence-electron chi connectivity index (χ1n) is 10.8. The first-order valence-corrected chi connectivity index (χ1v) is 10.8. The van der Waals surface area contributed by atoms with Crippen molar-refractivity contribution in [1.29, 1.82) is 0 Å². The van der Waals surface area contributed by atoms with Gasteiger partial charge in [0, 0.05) is 34.7 Å². The summed E-state index contributed by atoms with van der Waals surface area (Å²) in [7, 11) is 1.61. The molecule has 0 saturated heterocycles. The van der Waals surface area contributed by atoms with Crippen LogP contribution in [0.3, 0.4) is 0 Å². The van der Waals surface area contributed by atoms with Gasteiger partial charge >= 0.3 is 0 Å². The van der Waals surface area contributed by atoms with Crippen molar-refractivity contribution in [2.24, 2.45) is 0 Å². The van der Waals surface area contributed by atoms with Crippen LogP contribution < -0.4 is 10.1 Å². The Kier molecular flexibility index (Phi) is 7.50. The van der Waals surface area contributed by atoms with E-state index in [4.69, 9.17) is 9.15 Å². The third kappa shape index (κ3) is 5.16. The SMILES string of the molecule is CCCCCCNC(=O)/C=C(\C)c1cc2c(-c3ccc(F)cc3)coc2c(C)c1OC. The molecule has 1 heterocycles. The Morgan fingerprint density at radius 3 is 2.61 bits per heavy atom. The lowest BCUT2D eigenvalue weighted by Crippen LogP contribution is -2.22. The van der Waals surface area contributed by atoms with Crippen LogP contribution in [0.5, 0.6) is 5.75 Å². The van der Waals surface area contributed by atoms with Crippen LogP contribution in [0.15, 0.2) is 47.1 Å². The number of benzene rings is 2. The van der Waals surface area contributed by atoms with Gasteiger partial charge in [-0.25, -0.2) is 4.39 Å². The molecule has 4 nitrogen and oxygen atoms in total.